The third kappa shape index (κ3) is 12.4. The maximum Gasteiger partial charge on any atom is 0.123 e. The van der Waals surface area contributed by atoms with Gasteiger partial charge in [-0.3, -0.25) is 0 Å². The van der Waals surface area contributed by atoms with E-state index < -0.39 is 0 Å². The summed E-state index contributed by atoms with van der Waals surface area (Å²) in [4.78, 5) is 0. The van der Waals surface area contributed by atoms with Crippen LogP contribution in [0.25, 0.3) is 0 Å². The molecule has 0 amide bonds. The number of allylic oxidation sites excluding steroid dienone is 2. The minimum atomic E-state index is -0.0400. The van der Waals surface area contributed by atoms with Crippen molar-refractivity contribution in [2.24, 2.45) is 0 Å². The van der Waals surface area contributed by atoms with Crippen LogP contribution in [0.4, 0.5) is 0 Å². The molecule has 0 aliphatic carbocycles. The third-order valence-electron chi connectivity index (χ3n) is 6.07. The maximum atomic E-state index is 5.88. The van der Waals surface area contributed by atoms with Gasteiger partial charge in [0.2, 0.25) is 0 Å². The lowest BCUT2D eigenvalue weighted by Gasteiger charge is -2.10. The van der Waals surface area contributed by atoms with E-state index in [1.807, 2.05) is 0 Å². The highest BCUT2D eigenvalue weighted by Gasteiger charge is 2.40. The van der Waals surface area contributed by atoms with Gasteiger partial charge >= 0.3 is 0 Å². The summed E-state index contributed by atoms with van der Waals surface area (Å²) in [5.41, 5.74) is 1.36. The van der Waals surface area contributed by atoms with Crippen molar-refractivity contribution in [3.63, 3.8) is 0 Å². The summed E-state index contributed by atoms with van der Waals surface area (Å²) in [5.74, 6) is 0.984. The molecule has 1 fully saturated rings. The van der Waals surface area contributed by atoms with Crippen LogP contribution in [0.1, 0.15) is 109 Å². The molecule has 1 aromatic carbocycles. The highest BCUT2D eigenvalue weighted by atomic mass is 16.6. The second-order valence-corrected chi connectivity index (χ2v) is 9.34. The van der Waals surface area contributed by atoms with Crippen molar-refractivity contribution in [1.29, 1.82) is 0 Å². The van der Waals surface area contributed by atoms with E-state index in [4.69, 9.17) is 9.47 Å². The van der Waals surface area contributed by atoms with Crippen LogP contribution < -0.4 is 4.74 Å². The largest absolute Gasteiger partial charge is 0.490 e. The average Bonchev–Trinajstić information content (AvgIpc) is 3.50. The second kappa shape index (κ2) is 15.5. The molecule has 1 aliphatic rings. The van der Waals surface area contributed by atoms with Gasteiger partial charge in [-0.2, -0.15) is 0 Å². The van der Waals surface area contributed by atoms with E-state index in [2.05, 4.69) is 50.3 Å². The Morgan fingerprint density at radius 3 is 2.07 bits per heavy atom. The molecule has 0 saturated carbocycles. The predicted octanol–water partition coefficient (Wildman–Crippen LogP) is 8.43. The van der Waals surface area contributed by atoms with Gasteiger partial charge in [0.1, 0.15) is 18.0 Å². The van der Waals surface area contributed by atoms with Gasteiger partial charge in [-0.15, -0.1) is 0 Å². The number of aryl methyl sites for hydroxylation is 1. The Balaban J connectivity index is 1.35. The van der Waals surface area contributed by atoms with Gasteiger partial charge in [-0.25, -0.2) is 0 Å². The van der Waals surface area contributed by atoms with E-state index in [9.17, 15) is 0 Å². The van der Waals surface area contributed by atoms with Crippen molar-refractivity contribution < 1.29 is 9.47 Å². The Bertz CT molecular complexity index is 574. The van der Waals surface area contributed by atoms with E-state index in [1.54, 1.807) is 0 Å². The Hall–Kier alpha value is -1.28. The highest BCUT2D eigenvalue weighted by Crippen LogP contribution is 2.27. The Labute approximate surface area is 186 Å². The summed E-state index contributed by atoms with van der Waals surface area (Å²) in [6.07, 6.45) is 25.1. The first-order valence-corrected chi connectivity index (χ1v) is 12.7. The van der Waals surface area contributed by atoms with Crippen molar-refractivity contribution in [1.82, 2.24) is 0 Å². The van der Waals surface area contributed by atoms with E-state index >= 15 is 0 Å². The van der Waals surface area contributed by atoms with Gasteiger partial charge in [0.15, 0.2) is 0 Å². The summed E-state index contributed by atoms with van der Waals surface area (Å²) in [7, 11) is 0. The van der Waals surface area contributed by atoms with E-state index in [0.29, 0.717) is 6.61 Å². The minimum absolute atomic E-state index is 0.0400. The molecule has 0 bridgehead atoms. The molecule has 0 spiro atoms. The molecule has 0 aromatic heterocycles. The molecular weight excluding hydrogens is 368 g/mol. The molecule has 0 N–H and O–H groups in total. The normalized spacial score (nSPS) is 18.2. The minimum Gasteiger partial charge on any atom is -0.490 e. The summed E-state index contributed by atoms with van der Waals surface area (Å²) < 4.78 is 11.3. The zero-order chi connectivity index (χ0) is 21.3. The summed E-state index contributed by atoms with van der Waals surface area (Å²) >= 11 is 0. The summed E-state index contributed by atoms with van der Waals surface area (Å²) in [6, 6.07) is 8.60. The molecule has 2 heteroatoms. The summed E-state index contributed by atoms with van der Waals surface area (Å²) in [5, 5.41) is 0. The Kier molecular flexibility index (Phi) is 12.9. The fraction of sp³-hybridized carbons (Fsp3) is 0.714. The predicted molar refractivity (Wildman–Crippen MR) is 129 cm³/mol. The standard InChI is InChI=1S/C28H46O2/c1-3-4-5-6-7-8-9-10-11-12-13-14-15-16-17-18-20-26-21-19-22-27(23-26)29-24-28(2)25-30-28/h4-5,19,21-23H,3,6-18,20,24-25H2,1-2H3/b5-4+. The van der Waals surface area contributed by atoms with E-state index in [-0.39, 0.29) is 5.60 Å². The first-order valence-electron chi connectivity index (χ1n) is 12.7. The van der Waals surface area contributed by atoms with Gasteiger partial charge in [-0.1, -0.05) is 95.4 Å². The van der Waals surface area contributed by atoms with Crippen LogP contribution in [0.2, 0.25) is 0 Å². The van der Waals surface area contributed by atoms with Crippen LogP contribution in [-0.4, -0.2) is 18.8 Å². The molecule has 170 valence electrons. The second-order valence-electron chi connectivity index (χ2n) is 9.34. The number of unbranched alkanes of at least 4 members (excludes halogenated alkanes) is 12. The molecule has 0 radical (unpaired) electrons. The van der Waals surface area contributed by atoms with Crippen molar-refractivity contribution in [3.05, 3.63) is 42.0 Å². The quantitative estimate of drug-likeness (QED) is 0.129. The van der Waals surface area contributed by atoms with Crippen molar-refractivity contribution in [3.8, 4) is 5.75 Å². The Morgan fingerprint density at radius 1 is 0.867 bits per heavy atom. The third-order valence-corrected chi connectivity index (χ3v) is 6.07. The van der Waals surface area contributed by atoms with E-state index in [0.717, 1.165) is 12.4 Å². The molecule has 1 saturated heterocycles. The molecule has 1 unspecified atom stereocenters. The maximum absolute atomic E-state index is 5.88. The first-order chi connectivity index (χ1) is 14.7. The number of hydrogen-bond acceptors (Lipinski definition) is 2. The molecule has 1 heterocycles. The SMILES string of the molecule is CC/C=C/CCCCCCCCCCCCCCc1cccc(OCC2(C)CO2)c1. The number of ether oxygens (including phenoxy) is 2. The van der Waals surface area contributed by atoms with Crippen LogP contribution in [0, 0.1) is 0 Å². The number of benzene rings is 1. The molecular formula is C28H46O2. The van der Waals surface area contributed by atoms with Gasteiger partial charge < -0.3 is 9.47 Å². The van der Waals surface area contributed by atoms with Crippen molar-refractivity contribution in [2.45, 2.75) is 116 Å². The molecule has 2 nitrogen and oxygen atoms in total. The smallest absolute Gasteiger partial charge is 0.123 e. The number of rotatable bonds is 19. The van der Waals surface area contributed by atoms with E-state index in [1.165, 1.54) is 102 Å². The number of hydrogen-bond donors (Lipinski definition) is 0. The van der Waals surface area contributed by atoms with Crippen LogP contribution in [-0.2, 0) is 11.2 Å². The number of epoxide rings is 1. The monoisotopic (exact) mass is 414 g/mol. The first kappa shape index (κ1) is 25.0. The highest BCUT2D eigenvalue weighted by molar-refractivity contribution is 5.28. The average molecular weight is 415 g/mol. The molecule has 30 heavy (non-hydrogen) atoms. The topological polar surface area (TPSA) is 21.8 Å². The Morgan fingerprint density at radius 2 is 1.47 bits per heavy atom. The van der Waals surface area contributed by atoms with Crippen molar-refractivity contribution >= 4 is 0 Å². The van der Waals surface area contributed by atoms with Crippen LogP contribution in [0.5, 0.6) is 5.75 Å². The van der Waals surface area contributed by atoms with Crippen LogP contribution >= 0.6 is 0 Å². The molecule has 1 aliphatic heterocycles. The van der Waals surface area contributed by atoms with Gasteiger partial charge in [0.25, 0.3) is 0 Å². The summed E-state index contributed by atoms with van der Waals surface area (Å²) in [6.45, 7) is 5.79. The lowest BCUT2D eigenvalue weighted by atomic mass is 10.0. The zero-order valence-electron chi connectivity index (χ0n) is 19.8. The lowest BCUT2D eigenvalue weighted by molar-refractivity contribution is 0.202. The zero-order valence-corrected chi connectivity index (χ0v) is 19.8. The van der Waals surface area contributed by atoms with Gasteiger partial charge in [0.05, 0.1) is 6.61 Å². The molecule has 2 rings (SSSR count). The van der Waals surface area contributed by atoms with Crippen LogP contribution in [0.15, 0.2) is 36.4 Å². The van der Waals surface area contributed by atoms with Gasteiger partial charge in [0, 0.05) is 0 Å². The van der Waals surface area contributed by atoms with Gasteiger partial charge in [-0.05, 0) is 56.7 Å². The fourth-order valence-electron chi connectivity index (χ4n) is 3.88. The lowest BCUT2D eigenvalue weighted by Crippen LogP contribution is -2.16. The molecule has 1 aromatic rings. The molecule has 1 atom stereocenters. The fourth-order valence-corrected chi connectivity index (χ4v) is 3.88. The van der Waals surface area contributed by atoms with Crippen molar-refractivity contribution in [2.75, 3.05) is 13.2 Å². The van der Waals surface area contributed by atoms with Crippen LogP contribution in [0.3, 0.4) is 0 Å².